The van der Waals surface area contributed by atoms with Crippen LogP contribution in [-0.4, -0.2) is 23.6 Å². The van der Waals surface area contributed by atoms with Crippen LogP contribution in [-0.2, 0) is 12.0 Å². The number of nitrogens with zero attached hydrogens (tertiary/aromatic N) is 1. The van der Waals surface area contributed by atoms with Gasteiger partial charge in [-0.3, -0.25) is 4.90 Å². The van der Waals surface area contributed by atoms with Gasteiger partial charge in [-0.15, -0.1) is 0 Å². The molecule has 0 bridgehead atoms. The lowest BCUT2D eigenvalue weighted by molar-refractivity contribution is 0.0194. The first-order valence-electron chi connectivity index (χ1n) is 7.22. The molecule has 2 nitrogen and oxygen atoms in total. The van der Waals surface area contributed by atoms with E-state index in [9.17, 15) is 5.11 Å². The molecule has 1 saturated carbocycles. The maximum atomic E-state index is 9.87. The molecule has 0 aromatic heterocycles. The average molecular weight is 243 g/mol. The van der Waals surface area contributed by atoms with Gasteiger partial charge in [0.1, 0.15) is 5.75 Å². The van der Waals surface area contributed by atoms with Gasteiger partial charge in [-0.25, -0.2) is 0 Å². The van der Waals surface area contributed by atoms with Gasteiger partial charge < -0.3 is 5.11 Å². The number of hydrogen-bond donors (Lipinski definition) is 1. The Hall–Kier alpha value is -1.02. The Kier molecular flexibility index (Phi) is 1.99. The summed E-state index contributed by atoms with van der Waals surface area (Å²) in [5, 5.41) is 9.87. The van der Waals surface area contributed by atoms with Crippen molar-refractivity contribution in [3.8, 4) is 5.75 Å². The van der Waals surface area contributed by atoms with Crippen molar-refractivity contribution < 1.29 is 5.11 Å². The molecule has 1 aliphatic heterocycles. The molecule has 1 saturated heterocycles. The molecular formula is C16H21NO. The molecule has 2 atom stereocenters. The van der Waals surface area contributed by atoms with E-state index in [-0.39, 0.29) is 5.54 Å². The van der Waals surface area contributed by atoms with Crippen LogP contribution in [0.2, 0.25) is 0 Å². The summed E-state index contributed by atoms with van der Waals surface area (Å²) in [5.41, 5.74) is 3.62. The summed E-state index contributed by atoms with van der Waals surface area (Å²) in [5.74, 6) is 0.435. The number of rotatable bonds is 0. The topological polar surface area (TPSA) is 23.5 Å². The van der Waals surface area contributed by atoms with Gasteiger partial charge in [0.05, 0.1) is 5.54 Å². The van der Waals surface area contributed by atoms with E-state index in [0.717, 1.165) is 0 Å². The highest BCUT2D eigenvalue weighted by molar-refractivity contribution is 5.48. The fourth-order valence-corrected chi connectivity index (χ4v) is 5.23. The lowest BCUT2D eigenvalue weighted by Gasteiger charge is -2.48. The molecule has 2 aliphatic carbocycles. The first-order valence-corrected chi connectivity index (χ1v) is 7.22. The third kappa shape index (κ3) is 1.04. The van der Waals surface area contributed by atoms with E-state index in [1.165, 1.54) is 56.2 Å². The van der Waals surface area contributed by atoms with Crippen LogP contribution >= 0.6 is 0 Å². The second-order valence-electron chi connectivity index (χ2n) is 6.54. The van der Waals surface area contributed by atoms with Gasteiger partial charge in [-0.2, -0.15) is 0 Å². The number of benzene rings is 1. The molecule has 0 radical (unpaired) electrons. The van der Waals surface area contributed by atoms with Crippen molar-refractivity contribution in [2.45, 2.75) is 44.1 Å². The molecule has 2 fully saturated rings. The summed E-state index contributed by atoms with van der Waals surface area (Å²) < 4.78 is 0. The highest BCUT2D eigenvalue weighted by Crippen LogP contribution is 2.65. The zero-order valence-electron chi connectivity index (χ0n) is 11.1. The summed E-state index contributed by atoms with van der Waals surface area (Å²) in [7, 11) is 2.28. The summed E-state index contributed by atoms with van der Waals surface area (Å²) in [6, 6.07) is 6.06. The molecule has 1 N–H and O–H groups in total. The van der Waals surface area contributed by atoms with Crippen LogP contribution in [0.25, 0.3) is 0 Å². The Balaban J connectivity index is 1.97. The molecule has 1 aromatic rings. The molecule has 2 heteroatoms. The maximum absolute atomic E-state index is 9.87. The molecule has 2 unspecified atom stereocenters. The fourth-order valence-electron chi connectivity index (χ4n) is 5.23. The van der Waals surface area contributed by atoms with Crippen molar-refractivity contribution in [1.29, 1.82) is 0 Å². The van der Waals surface area contributed by atoms with E-state index in [1.54, 1.807) is 0 Å². The zero-order chi connectivity index (χ0) is 12.4. The molecule has 0 spiro atoms. The Bertz CT molecular complexity index is 508. The van der Waals surface area contributed by atoms with E-state index >= 15 is 0 Å². The van der Waals surface area contributed by atoms with Crippen molar-refractivity contribution in [3.63, 3.8) is 0 Å². The molecule has 3 aliphatic rings. The van der Waals surface area contributed by atoms with Crippen LogP contribution in [0.4, 0.5) is 0 Å². The third-order valence-electron chi connectivity index (χ3n) is 5.97. The molecule has 1 aromatic carbocycles. The van der Waals surface area contributed by atoms with Crippen molar-refractivity contribution in [1.82, 2.24) is 4.90 Å². The first-order chi connectivity index (χ1) is 8.68. The van der Waals surface area contributed by atoms with Crippen molar-refractivity contribution in [2.24, 2.45) is 5.41 Å². The summed E-state index contributed by atoms with van der Waals surface area (Å²) in [4.78, 5) is 2.58. The number of phenolic OH excluding ortho intramolecular Hbond substituents is 1. The number of aromatic hydroxyl groups is 1. The minimum atomic E-state index is 0.235. The van der Waals surface area contributed by atoms with E-state index < -0.39 is 0 Å². The SMILES string of the molecule is CN1CCC23CCCCC12c1cc(O)ccc1C3. The zero-order valence-corrected chi connectivity index (χ0v) is 11.1. The third-order valence-corrected chi connectivity index (χ3v) is 5.97. The second-order valence-corrected chi connectivity index (χ2v) is 6.54. The molecular weight excluding hydrogens is 222 g/mol. The van der Waals surface area contributed by atoms with Crippen LogP contribution in [0, 0.1) is 5.41 Å². The average Bonchev–Trinajstić information content (AvgIpc) is 2.83. The van der Waals surface area contributed by atoms with Gasteiger partial charge in [-0.1, -0.05) is 18.9 Å². The van der Waals surface area contributed by atoms with Crippen LogP contribution < -0.4 is 0 Å². The summed E-state index contributed by atoms with van der Waals surface area (Å²) in [6.07, 6.45) is 7.93. The molecule has 18 heavy (non-hydrogen) atoms. The van der Waals surface area contributed by atoms with E-state index in [0.29, 0.717) is 11.2 Å². The molecule has 1 heterocycles. The normalized spacial score (nSPS) is 38.3. The largest absolute Gasteiger partial charge is 0.508 e. The van der Waals surface area contributed by atoms with E-state index in [2.05, 4.69) is 18.0 Å². The lowest BCUT2D eigenvalue weighted by atomic mass is 9.62. The van der Waals surface area contributed by atoms with Crippen molar-refractivity contribution in [2.75, 3.05) is 13.6 Å². The molecule has 0 amide bonds. The Labute approximate surface area is 109 Å². The van der Waals surface area contributed by atoms with Crippen LogP contribution in [0.5, 0.6) is 5.75 Å². The van der Waals surface area contributed by atoms with Crippen molar-refractivity contribution in [3.05, 3.63) is 29.3 Å². The number of fused-ring (bicyclic) bond motifs is 1. The quantitative estimate of drug-likeness (QED) is 0.757. The number of phenols is 1. The van der Waals surface area contributed by atoms with Gasteiger partial charge in [-0.05, 0) is 68.0 Å². The predicted molar refractivity (Wildman–Crippen MR) is 71.6 cm³/mol. The predicted octanol–water partition coefficient (Wildman–Crippen LogP) is 3.04. The van der Waals surface area contributed by atoms with Gasteiger partial charge in [0, 0.05) is 0 Å². The highest BCUT2D eigenvalue weighted by Gasteiger charge is 2.63. The van der Waals surface area contributed by atoms with Gasteiger partial charge in [0.15, 0.2) is 0 Å². The van der Waals surface area contributed by atoms with Gasteiger partial charge in [0.2, 0.25) is 0 Å². The lowest BCUT2D eigenvalue weighted by Crippen LogP contribution is -2.49. The number of hydrogen-bond acceptors (Lipinski definition) is 2. The second kappa shape index (κ2) is 3.30. The minimum absolute atomic E-state index is 0.235. The Morgan fingerprint density at radius 2 is 2.00 bits per heavy atom. The number of likely N-dealkylation sites (tertiary alicyclic amines) is 1. The summed E-state index contributed by atoms with van der Waals surface area (Å²) in [6.45, 7) is 1.22. The van der Waals surface area contributed by atoms with Gasteiger partial charge >= 0.3 is 0 Å². The van der Waals surface area contributed by atoms with Crippen molar-refractivity contribution >= 4 is 0 Å². The summed E-state index contributed by atoms with van der Waals surface area (Å²) >= 11 is 0. The Morgan fingerprint density at radius 1 is 1.17 bits per heavy atom. The van der Waals surface area contributed by atoms with Crippen LogP contribution in [0.3, 0.4) is 0 Å². The molecule has 96 valence electrons. The standard InChI is InChI=1S/C16H21NO/c1-17-9-8-15-6-2-3-7-16(15,17)14-10-13(18)5-4-12(14)11-15/h4-5,10,18H,2-3,6-9,11H2,1H3. The minimum Gasteiger partial charge on any atom is -0.508 e. The smallest absolute Gasteiger partial charge is 0.115 e. The first kappa shape index (κ1) is 10.9. The van der Waals surface area contributed by atoms with Crippen LogP contribution in [0.1, 0.15) is 43.2 Å². The monoisotopic (exact) mass is 243 g/mol. The Morgan fingerprint density at radius 3 is 2.89 bits per heavy atom. The fraction of sp³-hybridized carbons (Fsp3) is 0.625. The highest BCUT2D eigenvalue weighted by atomic mass is 16.3. The maximum Gasteiger partial charge on any atom is 0.115 e. The van der Waals surface area contributed by atoms with E-state index in [4.69, 9.17) is 0 Å². The van der Waals surface area contributed by atoms with E-state index in [1.807, 2.05) is 12.1 Å². The van der Waals surface area contributed by atoms with Gasteiger partial charge in [0.25, 0.3) is 0 Å². The molecule has 4 rings (SSSR count). The van der Waals surface area contributed by atoms with Crippen LogP contribution in [0.15, 0.2) is 18.2 Å².